The van der Waals surface area contributed by atoms with Crippen molar-refractivity contribution in [2.45, 2.75) is 38.1 Å². The lowest BCUT2D eigenvalue weighted by atomic mass is 9.93. The van der Waals surface area contributed by atoms with Crippen LogP contribution in [-0.4, -0.2) is 34.3 Å². The molecule has 0 radical (unpaired) electrons. The Balaban J connectivity index is 0.00000180. The van der Waals surface area contributed by atoms with Gasteiger partial charge in [0.15, 0.2) is 0 Å². The third-order valence-electron chi connectivity index (χ3n) is 3.74. The number of carbonyl (C=O) groups is 1. The Kier molecular flexibility index (Phi) is 5.82. The molecule has 19 heavy (non-hydrogen) atoms. The first kappa shape index (κ1) is 16.0. The van der Waals surface area contributed by atoms with Crippen molar-refractivity contribution in [3.63, 3.8) is 0 Å². The van der Waals surface area contributed by atoms with E-state index >= 15 is 0 Å². The fourth-order valence-electron chi connectivity index (χ4n) is 2.55. The summed E-state index contributed by atoms with van der Waals surface area (Å²) in [5.41, 5.74) is 0.831. The number of nitrogens with one attached hydrogen (secondary N) is 2. The predicted octanol–water partition coefficient (Wildman–Crippen LogP) is 1.03. The zero-order valence-corrected chi connectivity index (χ0v) is 12.4. The molecule has 0 saturated carbocycles. The largest absolute Gasteiger partial charge is 0.354 e. The third kappa shape index (κ3) is 3.70. The Morgan fingerprint density at radius 2 is 2.42 bits per heavy atom. The van der Waals surface area contributed by atoms with E-state index in [2.05, 4.69) is 22.7 Å². The fourth-order valence-corrected chi connectivity index (χ4v) is 2.55. The molecule has 2 rings (SSSR count). The molecule has 0 bridgehead atoms. The van der Waals surface area contributed by atoms with Gasteiger partial charge in [0.25, 0.3) is 0 Å². The van der Waals surface area contributed by atoms with E-state index in [-0.39, 0.29) is 23.9 Å². The maximum Gasteiger partial charge on any atom is 0.240 e. The van der Waals surface area contributed by atoms with Crippen molar-refractivity contribution in [1.29, 1.82) is 0 Å². The van der Waals surface area contributed by atoms with Gasteiger partial charge in [0.1, 0.15) is 0 Å². The van der Waals surface area contributed by atoms with Gasteiger partial charge in [0, 0.05) is 19.8 Å². The summed E-state index contributed by atoms with van der Waals surface area (Å²) in [6, 6.07) is 0. The molecule has 1 aliphatic heterocycles. The molecule has 0 spiro atoms. The van der Waals surface area contributed by atoms with Gasteiger partial charge in [-0.25, -0.2) is 0 Å². The lowest BCUT2D eigenvalue weighted by Gasteiger charge is -2.26. The van der Waals surface area contributed by atoms with Crippen LogP contribution in [0.3, 0.4) is 0 Å². The number of nitrogens with zero attached hydrogens (tertiary/aromatic N) is 2. The average molecular weight is 287 g/mol. The van der Waals surface area contributed by atoms with Crippen LogP contribution in [0.25, 0.3) is 0 Å². The maximum atomic E-state index is 12.2. The van der Waals surface area contributed by atoms with Gasteiger partial charge in [-0.2, -0.15) is 5.10 Å². The van der Waals surface area contributed by atoms with Crippen molar-refractivity contribution in [3.05, 3.63) is 18.0 Å². The van der Waals surface area contributed by atoms with Crippen LogP contribution < -0.4 is 10.6 Å². The van der Waals surface area contributed by atoms with E-state index in [0.29, 0.717) is 6.54 Å². The molecule has 2 heterocycles. The lowest BCUT2D eigenvalue weighted by Crippen LogP contribution is -2.53. The van der Waals surface area contributed by atoms with Crippen LogP contribution in [0.1, 0.15) is 31.7 Å². The van der Waals surface area contributed by atoms with Crippen LogP contribution >= 0.6 is 12.4 Å². The Hall–Kier alpha value is -1.07. The Labute approximate surface area is 120 Å². The number of carbonyl (C=O) groups excluding carboxylic acids is 1. The highest BCUT2D eigenvalue weighted by molar-refractivity contribution is 5.86. The summed E-state index contributed by atoms with van der Waals surface area (Å²) in [7, 11) is 1.90. The van der Waals surface area contributed by atoms with E-state index in [1.165, 1.54) is 0 Å². The molecule has 1 saturated heterocycles. The van der Waals surface area contributed by atoms with Crippen molar-refractivity contribution >= 4 is 18.3 Å². The molecular formula is C13H23ClN4O. The quantitative estimate of drug-likeness (QED) is 0.850. The second kappa shape index (κ2) is 6.91. The van der Waals surface area contributed by atoms with E-state index in [1.54, 1.807) is 4.68 Å². The van der Waals surface area contributed by atoms with Gasteiger partial charge in [-0.1, -0.05) is 6.92 Å². The molecule has 2 N–H and O–H groups in total. The normalized spacial score (nSPS) is 22.0. The minimum atomic E-state index is -0.324. The van der Waals surface area contributed by atoms with Crippen LogP contribution in [0, 0.1) is 0 Å². The van der Waals surface area contributed by atoms with Crippen molar-refractivity contribution in [2.24, 2.45) is 7.05 Å². The van der Waals surface area contributed by atoms with Crippen LogP contribution in [0.5, 0.6) is 0 Å². The molecular weight excluding hydrogens is 264 g/mol. The molecule has 108 valence electrons. The number of aryl methyl sites for hydroxylation is 1. The summed E-state index contributed by atoms with van der Waals surface area (Å²) < 4.78 is 1.78. The predicted molar refractivity (Wildman–Crippen MR) is 77.4 cm³/mol. The van der Waals surface area contributed by atoms with Gasteiger partial charge >= 0.3 is 0 Å². The number of hydrogen-bond acceptors (Lipinski definition) is 3. The summed E-state index contributed by atoms with van der Waals surface area (Å²) in [5.74, 6) is 0.145. The molecule has 0 aromatic carbocycles. The summed E-state index contributed by atoms with van der Waals surface area (Å²) in [6.45, 7) is 3.69. The highest BCUT2D eigenvalue weighted by Gasteiger charge is 2.38. The van der Waals surface area contributed by atoms with Crippen molar-refractivity contribution in [3.8, 4) is 0 Å². The SMILES string of the molecule is CCC1(C(=O)NCCc2cnn(C)c2)CCCN1.Cl. The summed E-state index contributed by atoms with van der Waals surface area (Å²) in [6.07, 6.45) is 7.54. The second-order valence-corrected chi connectivity index (χ2v) is 4.99. The van der Waals surface area contributed by atoms with Gasteiger partial charge in [-0.3, -0.25) is 9.48 Å². The van der Waals surface area contributed by atoms with E-state index in [0.717, 1.165) is 37.8 Å². The average Bonchev–Trinajstić information content (AvgIpc) is 2.99. The van der Waals surface area contributed by atoms with Gasteiger partial charge in [0.05, 0.1) is 11.7 Å². The minimum absolute atomic E-state index is 0. The van der Waals surface area contributed by atoms with Gasteiger partial charge in [-0.15, -0.1) is 12.4 Å². The van der Waals surface area contributed by atoms with Crippen molar-refractivity contribution in [1.82, 2.24) is 20.4 Å². The molecule has 5 nitrogen and oxygen atoms in total. The number of halogens is 1. The monoisotopic (exact) mass is 286 g/mol. The molecule has 0 aliphatic carbocycles. The number of amides is 1. The van der Waals surface area contributed by atoms with Crippen molar-refractivity contribution < 1.29 is 4.79 Å². The molecule has 1 unspecified atom stereocenters. The first-order valence-electron chi connectivity index (χ1n) is 6.67. The fraction of sp³-hybridized carbons (Fsp3) is 0.692. The number of rotatable bonds is 5. The maximum absolute atomic E-state index is 12.2. The highest BCUT2D eigenvalue weighted by Crippen LogP contribution is 2.22. The molecule has 1 fully saturated rings. The molecule has 1 aliphatic rings. The molecule has 1 amide bonds. The van der Waals surface area contributed by atoms with Gasteiger partial charge < -0.3 is 10.6 Å². The molecule has 1 aromatic heterocycles. The molecule has 6 heteroatoms. The number of hydrogen-bond donors (Lipinski definition) is 2. The first-order chi connectivity index (χ1) is 8.66. The summed E-state index contributed by atoms with van der Waals surface area (Å²) in [4.78, 5) is 12.2. The zero-order chi connectivity index (χ0) is 13.0. The van der Waals surface area contributed by atoms with E-state index < -0.39 is 0 Å². The summed E-state index contributed by atoms with van der Waals surface area (Å²) in [5, 5.41) is 10.5. The van der Waals surface area contributed by atoms with Crippen LogP contribution in [-0.2, 0) is 18.3 Å². The van der Waals surface area contributed by atoms with Crippen molar-refractivity contribution in [2.75, 3.05) is 13.1 Å². The lowest BCUT2D eigenvalue weighted by molar-refractivity contribution is -0.127. The van der Waals surface area contributed by atoms with Crippen LogP contribution in [0.2, 0.25) is 0 Å². The third-order valence-corrected chi connectivity index (χ3v) is 3.74. The Morgan fingerprint density at radius 3 is 2.95 bits per heavy atom. The summed E-state index contributed by atoms with van der Waals surface area (Å²) >= 11 is 0. The van der Waals surface area contributed by atoms with Crippen LogP contribution in [0.4, 0.5) is 0 Å². The highest BCUT2D eigenvalue weighted by atomic mass is 35.5. The first-order valence-corrected chi connectivity index (χ1v) is 6.67. The smallest absolute Gasteiger partial charge is 0.240 e. The van der Waals surface area contributed by atoms with E-state index in [9.17, 15) is 4.79 Å². The Bertz CT molecular complexity index is 413. The topological polar surface area (TPSA) is 59.0 Å². The standard InChI is InChI=1S/C13H22N4O.ClH/c1-3-13(6-4-7-15-13)12(18)14-8-5-11-9-16-17(2)10-11;/h9-10,15H,3-8H2,1-2H3,(H,14,18);1H. The minimum Gasteiger partial charge on any atom is -0.354 e. The molecule has 1 aromatic rings. The van der Waals surface area contributed by atoms with E-state index in [4.69, 9.17) is 0 Å². The van der Waals surface area contributed by atoms with Gasteiger partial charge in [-0.05, 0) is 37.8 Å². The Morgan fingerprint density at radius 1 is 1.63 bits per heavy atom. The van der Waals surface area contributed by atoms with Gasteiger partial charge in [0.2, 0.25) is 5.91 Å². The number of aromatic nitrogens is 2. The van der Waals surface area contributed by atoms with Crippen LogP contribution in [0.15, 0.2) is 12.4 Å². The zero-order valence-electron chi connectivity index (χ0n) is 11.6. The molecule has 1 atom stereocenters. The second-order valence-electron chi connectivity index (χ2n) is 4.99. The van der Waals surface area contributed by atoms with E-state index in [1.807, 2.05) is 19.4 Å².